The van der Waals surface area contributed by atoms with E-state index in [0.29, 0.717) is 2.66 Å². The molecule has 0 unspecified atom stereocenters. The molecular weight excluding hydrogens is 355 g/mol. The van der Waals surface area contributed by atoms with Crippen molar-refractivity contribution < 1.29 is 0 Å². The maximum atomic E-state index is 2.39. The van der Waals surface area contributed by atoms with Gasteiger partial charge in [-0.05, 0) is 0 Å². The van der Waals surface area contributed by atoms with Crippen LogP contribution in [0, 0.1) is 0 Å². The van der Waals surface area contributed by atoms with E-state index in [9.17, 15) is 0 Å². The molecule has 0 radical (unpaired) electrons. The summed E-state index contributed by atoms with van der Waals surface area (Å²) in [5.41, 5.74) is 3.19. The van der Waals surface area contributed by atoms with E-state index in [4.69, 9.17) is 0 Å². The van der Waals surface area contributed by atoms with Crippen molar-refractivity contribution >= 4 is 44.9 Å². The number of hydrogen-bond acceptors (Lipinski definition) is 0. The van der Waals surface area contributed by atoms with E-state index in [1.54, 1.807) is 11.1 Å². The first kappa shape index (κ1) is 23.7. The van der Waals surface area contributed by atoms with Crippen LogP contribution >= 0.6 is 17.0 Å². The third-order valence-corrected chi connectivity index (χ3v) is 5.16. The van der Waals surface area contributed by atoms with Crippen LogP contribution in [0.5, 0.6) is 0 Å². The average molecular weight is 391 g/mol. The van der Waals surface area contributed by atoms with Crippen molar-refractivity contribution in [1.29, 1.82) is 0 Å². The Morgan fingerprint density at radius 1 is 0.783 bits per heavy atom. The number of halogens is 1. The summed E-state index contributed by atoms with van der Waals surface area (Å²) in [7, 11) is 0. The van der Waals surface area contributed by atoms with Gasteiger partial charge >= 0.3 is 138 Å². The third kappa shape index (κ3) is 11.0. The molecular formula is C21H36BrNa. The maximum absolute atomic E-state index is 2.39. The average Bonchev–Trinajstić information content (AvgIpc) is 2.48. The second-order valence-corrected chi connectivity index (χ2v) is 10.3. The summed E-state index contributed by atoms with van der Waals surface area (Å²) in [4.78, 5) is 0. The van der Waals surface area contributed by atoms with Crippen molar-refractivity contribution in [1.82, 2.24) is 0 Å². The summed E-state index contributed by atoms with van der Waals surface area (Å²) >= 11 is 1.23. The number of hydrogen-bond donors (Lipinski definition) is 0. The number of unbranched alkanes of at least 4 members (excludes halogenated alkanes) is 9. The molecule has 0 spiro atoms. The Bertz CT molecular complexity index is 395. The molecule has 0 aliphatic heterocycles. The van der Waals surface area contributed by atoms with Crippen molar-refractivity contribution in [3.8, 4) is 0 Å². The van der Waals surface area contributed by atoms with Gasteiger partial charge in [0.2, 0.25) is 0 Å². The molecule has 0 amide bonds. The third-order valence-electron chi connectivity index (χ3n) is 4.63. The number of benzene rings is 1. The molecule has 0 aliphatic rings. The molecule has 0 aromatic heterocycles. The molecule has 1 aromatic carbocycles. The van der Waals surface area contributed by atoms with E-state index < -0.39 is 0 Å². The van der Waals surface area contributed by atoms with Crippen molar-refractivity contribution in [2.75, 3.05) is 0 Å². The SMILES string of the molecule is Br.CCCCCCCCCCCCc1ccccc1[C](C)(C)[Na]. The Kier molecular flexibility index (Phi) is 14.4. The van der Waals surface area contributed by atoms with Gasteiger partial charge in [-0.25, -0.2) is 0 Å². The molecule has 0 N–H and O–H groups in total. The first-order chi connectivity index (χ1) is 10.6. The Labute approximate surface area is 173 Å². The van der Waals surface area contributed by atoms with Gasteiger partial charge in [0.1, 0.15) is 0 Å². The summed E-state index contributed by atoms with van der Waals surface area (Å²) in [6.07, 6.45) is 15.5. The van der Waals surface area contributed by atoms with Gasteiger partial charge in [0.15, 0.2) is 0 Å². The zero-order valence-corrected chi connectivity index (χ0v) is 19.7. The van der Waals surface area contributed by atoms with E-state index in [1.807, 2.05) is 0 Å². The van der Waals surface area contributed by atoms with E-state index in [0.717, 1.165) is 0 Å². The molecule has 0 aliphatic carbocycles. The van der Waals surface area contributed by atoms with Gasteiger partial charge in [-0.3, -0.25) is 0 Å². The summed E-state index contributed by atoms with van der Waals surface area (Å²) in [6.45, 7) is 7.06. The summed E-state index contributed by atoms with van der Waals surface area (Å²) in [5.74, 6) is 0. The van der Waals surface area contributed by atoms with Gasteiger partial charge in [0, 0.05) is 0 Å². The summed E-state index contributed by atoms with van der Waals surface area (Å²) in [5, 5.41) is 0. The molecule has 0 saturated heterocycles. The van der Waals surface area contributed by atoms with Crippen LogP contribution in [0.15, 0.2) is 24.3 Å². The van der Waals surface area contributed by atoms with Crippen LogP contribution in [0.3, 0.4) is 0 Å². The van der Waals surface area contributed by atoms with E-state index in [1.165, 1.54) is 98.6 Å². The zero-order chi connectivity index (χ0) is 16.3. The van der Waals surface area contributed by atoms with Crippen molar-refractivity contribution in [3.05, 3.63) is 35.4 Å². The van der Waals surface area contributed by atoms with Gasteiger partial charge < -0.3 is 0 Å². The van der Waals surface area contributed by atoms with Gasteiger partial charge in [-0.2, -0.15) is 0 Å². The quantitative estimate of drug-likeness (QED) is 0.263. The Morgan fingerprint density at radius 2 is 1.26 bits per heavy atom. The monoisotopic (exact) mass is 390 g/mol. The van der Waals surface area contributed by atoms with Crippen molar-refractivity contribution in [2.45, 2.75) is 94.1 Å². The Hall–Kier alpha value is 0.700. The second-order valence-electron chi connectivity index (χ2n) is 7.84. The fourth-order valence-corrected chi connectivity index (χ4v) is 3.76. The van der Waals surface area contributed by atoms with Crippen LogP contribution in [0.1, 0.15) is 96.1 Å². The predicted octanol–water partition coefficient (Wildman–Crippen LogP) is 7.13. The van der Waals surface area contributed by atoms with Crippen LogP contribution in [-0.2, 0) is 9.09 Å². The predicted molar refractivity (Wildman–Crippen MR) is 111 cm³/mol. The minimum absolute atomic E-state index is 0. The van der Waals surface area contributed by atoms with E-state index >= 15 is 0 Å². The molecule has 1 aromatic rings. The molecule has 0 atom stereocenters. The fourth-order valence-electron chi connectivity index (χ4n) is 3.27. The molecule has 23 heavy (non-hydrogen) atoms. The molecule has 128 valence electrons. The molecule has 0 nitrogen and oxygen atoms in total. The van der Waals surface area contributed by atoms with Gasteiger partial charge in [0.25, 0.3) is 0 Å². The minimum atomic E-state index is 0. The normalized spacial score (nSPS) is 11.3. The molecule has 2 heteroatoms. The van der Waals surface area contributed by atoms with Gasteiger partial charge in [-0.15, -0.1) is 17.0 Å². The van der Waals surface area contributed by atoms with E-state index in [-0.39, 0.29) is 17.0 Å². The van der Waals surface area contributed by atoms with Crippen LogP contribution in [-0.4, -0.2) is 27.9 Å². The van der Waals surface area contributed by atoms with Crippen LogP contribution in [0.25, 0.3) is 0 Å². The fraction of sp³-hybridized carbons (Fsp3) is 0.714. The van der Waals surface area contributed by atoms with Crippen LogP contribution in [0.2, 0.25) is 0 Å². The first-order valence-electron chi connectivity index (χ1n) is 9.64. The van der Waals surface area contributed by atoms with Crippen LogP contribution < -0.4 is 0 Å². The van der Waals surface area contributed by atoms with Crippen molar-refractivity contribution in [3.63, 3.8) is 0 Å². The van der Waals surface area contributed by atoms with Gasteiger partial charge in [0.05, 0.1) is 0 Å². The number of rotatable bonds is 12. The number of aryl methyl sites for hydroxylation is 1. The first-order valence-corrected chi connectivity index (χ1v) is 10.6. The van der Waals surface area contributed by atoms with Crippen molar-refractivity contribution in [2.24, 2.45) is 0 Å². The molecule has 0 saturated carbocycles. The standard InChI is InChI=1S/C21H35.BrH.Na/c1-4-5-6-7-8-9-10-11-12-13-16-20-17-14-15-18-21(20)19(2)3;;/h14-15,17-18H,4-13,16H2,1-3H3;1H;. The Morgan fingerprint density at radius 3 is 1.78 bits per heavy atom. The molecule has 0 fully saturated rings. The van der Waals surface area contributed by atoms with E-state index in [2.05, 4.69) is 45.0 Å². The molecule has 0 heterocycles. The van der Waals surface area contributed by atoms with Gasteiger partial charge in [-0.1, -0.05) is 19.8 Å². The summed E-state index contributed by atoms with van der Waals surface area (Å²) in [6, 6.07) is 9.11. The zero-order valence-electron chi connectivity index (χ0n) is 16.0. The molecule has 0 bridgehead atoms. The van der Waals surface area contributed by atoms with Crippen LogP contribution in [0.4, 0.5) is 0 Å². The topological polar surface area (TPSA) is 0 Å². The summed E-state index contributed by atoms with van der Waals surface area (Å²) < 4.78 is 0.412. The second kappa shape index (κ2) is 13.9. The Balaban J connectivity index is 0.00000484. The molecule has 1 rings (SSSR count).